The second kappa shape index (κ2) is 3.88. The Morgan fingerprint density at radius 3 is 2.83 bits per heavy atom. The Kier molecular flexibility index (Phi) is 3.07. The van der Waals surface area contributed by atoms with Gasteiger partial charge in [-0.25, -0.2) is 4.39 Å². The normalized spacial score (nSPS) is 9.50. The third-order valence-electron chi connectivity index (χ3n) is 1.36. The molecule has 0 saturated heterocycles. The van der Waals surface area contributed by atoms with E-state index >= 15 is 0 Å². The van der Waals surface area contributed by atoms with Gasteiger partial charge in [0.25, 0.3) is 0 Å². The zero-order valence-electron chi connectivity index (χ0n) is 5.94. The van der Waals surface area contributed by atoms with E-state index in [2.05, 4.69) is 15.9 Å². The van der Waals surface area contributed by atoms with Crippen LogP contribution in [-0.4, -0.2) is 0 Å². The summed E-state index contributed by atoms with van der Waals surface area (Å²) in [5.74, 6) is -0.440. The highest BCUT2D eigenvalue weighted by Crippen LogP contribution is 2.25. The third kappa shape index (κ3) is 1.96. The van der Waals surface area contributed by atoms with Crippen LogP contribution in [0.4, 0.5) is 4.39 Å². The molecule has 0 bridgehead atoms. The van der Waals surface area contributed by atoms with Crippen molar-refractivity contribution >= 4 is 27.5 Å². The smallest absolute Gasteiger partial charge is 0.129 e. The topological polar surface area (TPSA) is 23.8 Å². The Morgan fingerprint density at radius 2 is 2.25 bits per heavy atom. The number of rotatable bonds is 1. The Labute approximate surface area is 82.9 Å². The van der Waals surface area contributed by atoms with Crippen LogP contribution >= 0.6 is 27.5 Å². The summed E-state index contributed by atoms with van der Waals surface area (Å²) in [6.07, 6.45) is 0.0571. The maximum absolute atomic E-state index is 13.0. The Hall–Kier alpha value is -0.590. The number of nitrogens with zero attached hydrogens (tertiary/aromatic N) is 1. The van der Waals surface area contributed by atoms with Gasteiger partial charge in [0.15, 0.2) is 0 Å². The Bertz CT molecular complexity index is 346. The van der Waals surface area contributed by atoms with E-state index in [0.29, 0.717) is 15.1 Å². The van der Waals surface area contributed by atoms with Crippen molar-refractivity contribution in [2.24, 2.45) is 0 Å². The third-order valence-corrected chi connectivity index (χ3v) is 2.56. The first-order valence-corrected chi connectivity index (χ1v) is 4.32. The van der Waals surface area contributed by atoms with Gasteiger partial charge in [-0.05, 0) is 28.1 Å². The van der Waals surface area contributed by atoms with E-state index in [0.717, 1.165) is 0 Å². The second-order valence-corrected chi connectivity index (χ2v) is 3.45. The van der Waals surface area contributed by atoms with Crippen molar-refractivity contribution in [1.29, 1.82) is 5.26 Å². The fourth-order valence-electron chi connectivity index (χ4n) is 0.784. The number of hydrogen-bond donors (Lipinski definition) is 0. The molecule has 12 heavy (non-hydrogen) atoms. The predicted molar refractivity (Wildman–Crippen MR) is 48.4 cm³/mol. The number of hydrogen-bond acceptors (Lipinski definition) is 1. The maximum atomic E-state index is 13.0. The van der Waals surface area contributed by atoms with E-state index in [4.69, 9.17) is 16.9 Å². The van der Waals surface area contributed by atoms with Crippen LogP contribution in [0.3, 0.4) is 0 Å². The van der Waals surface area contributed by atoms with Gasteiger partial charge in [0.2, 0.25) is 0 Å². The summed E-state index contributed by atoms with van der Waals surface area (Å²) in [5, 5.41) is 8.65. The monoisotopic (exact) mass is 247 g/mol. The van der Waals surface area contributed by atoms with Crippen molar-refractivity contribution in [3.8, 4) is 6.07 Å². The molecule has 0 radical (unpaired) electrons. The van der Waals surface area contributed by atoms with Gasteiger partial charge < -0.3 is 0 Å². The molecule has 0 aliphatic carbocycles. The molecule has 1 aromatic carbocycles. The molecule has 0 spiro atoms. The van der Waals surface area contributed by atoms with Crippen LogP contribution in [0.15, 0.2) is 16.6 Å². The van der Waals surface area contributed by atoms with Gasteiger partial charge in [0.05, 0.1) is 17.5 Å². The van der Waals surface area contributed by atoms with Gasteiger partial charge in [0, 0.05) is 10.0 Å². The first-order valence-electron chi connectivity index (χ1n) is 3.15. The minimum Gasteiger partial charge on any atom is -0.207 e. The van der Waals surface area contributed by atoms with E-state index in [1.54, 1.807) is 0 Å². The molecule has 0 heterocycles. The number of nitriles is 1. The molecule has 1 nitrogen and oxygen atoms in total. The molecule has 0 aromatic heterocycles. The molecule has 0 saturated carbocycles. The van der Waals surface area contributed by atoms with Crippen LogP contribution in [0.5, 0.6) is 0 Å². The van der Waals surface area contributed by atoms with Gasteiger partial charge >= 0.3 is 0 Å². The molecule has 0 aliphatic heterocycles. The molecule has 4 heteroatoms. The summed E-state index contributed by atoms with van der Waals surface area (Å²) in [7, 11) is 0. The molecule has 0 atom stereocenters. The highest BCUT2D eigenvalue weighted by molar-refractivity contribution is 9.10. The highest BCUT2D eigenvalue weighted by Gasteiger charge is 2.05. The zero-order chi connectivity index (χ0) is 9.14. The average Bonchev–Trinajstić information content (AvgIpc) is 2.01. The minimum atomic E-state index is -0.440. The van der Waals surface area contributed by atoms with Crippen molar-refractivity contribution in [3.05, 3.63) is 33.0 Å². The van der Waals surface area contributed by atoms with Gasteiger partial charge in [-0.1, -0.05) is 11.6 Å². The highest BCUT2D eigenvalue weighted by atomic mass is 79.9. The quantitative estimate of drug-likeness (QED) is 0.700. The number of halogens is 3. The van der Waals surface area contributed by atoms with Gasteiger partial charge in [0.1, 0.15) is 5.82 Å². The van der Waals surface area contributed by atoms with Crippen molar-refractivity contribution in [2.45, 2.75) is 6.42 Å². The van der Waals surface area contributed by atoms with Crippen molar-refractivity contribution < 1.29 is 4.39 Å². The van der Waals surface area contributed by atoms with E-state index in [9.17, 15) is 4.39 Å². The molecule has 0 aliphatic rings. The SMILES string of the molecule is N#CCc1cc(Br)c(Cl)cc1F. The Morgan fingerprint density at radius 1 is 1.58 bits per heavy atom. The largest absolute Gasteiger partial charge is 0.207 e. The molecule has 1 aromatic rings. The summed E-state index contributed by atoms with van der Waals surface area (Å²) in [6, 6.07) is 4.58. The molecule has 0 amide bonds. The fourth-order valence-corrected chi connectivity index (χ4v) is 1.33. The molecular weight excluding hydrogens is 244 g/mol. The molecule has 0 N–H and O–H groups in total. The van der Waals surface area contributed by atoms with Crippen molar-refractivity contribution in [1.82, 2.24) is 0 Å². The Balaban J connectivity index is 3.16. The molecule has 0 fully saturated rings. The standard InChI is InChI=1S/C8H4BrClFN/c9-6-3-5(1-2-12)8(11)4-7(6)10/h3-4H,1H2. The van der Waals surface area contributed by atoms with Crippen LogP contribution in [0.2, 0.25) is 5.02 Å². The van der Waals surface area contributed by atoms with Gasteiger partial charge in [-0.3, -0.25) is 0 Å². The van der Waals surface area contributed by atoms with Crippen LogP contribution in [-0.2, 0) is 6.42 Å². The molecule has 0 unspecified atom stereocenters. The summed E-state index contributed by atoms with van der Waals surface area (Å²) in [6.45, 7) is 0. The molecular formula is C8H4BrClFN. The van der Waals surface area contributed by atoms with Gasteiger partial charge in [-0.15, -0.1) is 0 Å². The van der Waals surface area contributed by atoms with E-state index < -0.39 is 5.82 Å². The average molecular weight is 248 g/mol. The summed E-state index contributed by atoms with van der Waals surface area (Å²) < 4.78 is 13.6. The van der Waals surface area contributed by atoms with E-state index in [-0.39, 0.29) is 6.42 Å². The van der Waals surface area contributed by atoms with Crippen LogP contribution < -0.4 is 0 Å². The lowest BCUT2D eigenvalue weighted by atomic mass is 10.1. The van der Waals surface area contributed by atoms with E-state index in [1.165, 1.54) is 12.1 Å². The van der Waals surface area contributed by atoms with E-state index in [1.807, 2.05) is 6.07 Å². The molecule has 62 valence electrons. The fraction of sp³-hybridized carbons (Fsp3) is 0.125. The predicted octanol–water partition coefficient (Wildman–Crippen LogP) is 3.31. The second-order valence-electron chi connectivity index (χ2n) is 2.19. The van der Waals surface area contributed by atoms with Crippen LogP contribution in [0.25, 0.3) is 0 Å². The van der Waals surface area contributed by atoms with Crippen molar-refractivity contribution in [2.75, 3.05) is 0 Å². The van der Waals surface area contributed by atoms with Crippen LogP contribution in [0.1, 0.15) is 5.56 Å². The van der Waals surface area contributed by atoms with Crippen molar-refractivity contribution in [3.63, 3.8) is 0 Å². The minimum absolute atomic E-state index is 0.0571. The first-order chi connectivity index (χ1) is 5.65. The lowest BCUT2D eigenvalue weighted by Gasteiger charge is -2.00. The number of benzene rings is 1. The lowest BCUT2D eigenvalue weighted by Crippen LogP contribution is -1.88. The summed E-state index contributed by atoms with van der Waals surface area (Å²) in [4.78, 5) is 0. The maximum Gasteiger partial charge on any atom is 0.129 e. The van der Waals surface area contributed by atoms with Crippen LogP contribution in [0, 0.1) is 17.1 Å². The lowest BCUT2D eigenvalue weighted by molar-refractivity contribution is 0.615. The first kappa shape index (κ1) is 9.50. The summed E-state index contributed by atoms with van der Waals surface area (Å²) >= 11 is 8.76. The summed E-state index contributed by atoms with van der Waals surface area (Å²) in [5.41, 5.74) is 0.355. The zero-order valence-corrected chi connectivity index (χ0v) is 8.28. The molecule has 1 rings (SSSR count). The van der Waals surface area contributed by atoms with Gasteiger partial charge in [-0.2, -0.15) is 5.26 Å².